The zero-order valence-electron chi connectivity index (χ0n) is 10.9. The molecule has 1 saturated heterocycles. The quantitative estimate of drug-likeness (QED) is 0.818. The maximum atomic E-state index is 11.9. The molecule has 0 saturated carbocycles. The number of carbonyl (C=O) groups excluding carboxylic acids is 1. The highest BCUT2D eigenvalue weighted by atomic mass is 16.4. The molecule has 0 bridgehead atoms. The lowest BCUT2D eigenvalue weighted by Gasteiger charge is -2.39. The van der Waals surface area contributed by atoms with Gasteiger partial charge in [0, 0.05) is 26.7 Å². The molecule has 98 valence electrons. The van der Waals surface area contributed by atoms with Gasteiger partial charge in [-0.2, -0.15) is 0 Å². The fourth-order valence-corrected chi connectivity index (χ4v) is 2.22. The summed E-state index contributed by atoms with van der Waals surface area (Å²) in [4.78, 5) is 26.6. The molecule has 0 aromatic heterocycles. The van der Waals surface area contributed by atoms with E-state index in [-0.39, 0.29) is 6.03 Å². The molecule has 1 heterocycles. The third kappa shape index (κ3) is 2.70. The van der Waals surface area contributed by atoms with Crippen LogP contribution in [0.4, 0.5) is 4.79 Å². The first-order valence-electron chi connectivity index (χ1n) is 6.20. The first kappa shape index (κ1) is 13.8. The average molecular weight is 242 g/mol. The van der Waals surface area contributed by atoms with E-state index in [4.69, 9.17) is 0 Å². The van der Waals surface area contributed by atoms with E-state index in [0.717, 1.165) is 0 Å². The van der Waals surface area contributed by atoms with Crippen molar-refractivity contribution in [2.75, 3.05) is 26.7 Å². The number of rotatable bonds is 3. The van der Waals surface area contributed by atoms with Crippen LogP contribution in [0.5, 0.6) is 0 Å². The monoisotopic (exact) mass is 242 g/mol. The van der Waals surface area contributed by atoms with Gasteiger partial charge in [0.15, 0.2) is 0 Å². The topological polar surface area (TPSA) is 60.9 Å². The number of amides is 2. The molecule has 5 nitrogen and oxygen atoms in total. The minimum absolute atomic E-state index is 0.00240. The second-order valence-corrected chi connectivity index (χ2v) is 4.72. The summed E-state index contributed by atoms with van der Waals surface area (Å²) in [5.41, 5.74) is -0.623. The number of nitrogens with zero attached hydrogens (tertiary/aromatic N) is 2. The van der Waals surface area contributed by atoms with E-state index in [0.29, 0.717) is 38.9 Å². The van der Waals surface area contributed by atoms with Gasteiger partial charge in [-0.15, -0.1) is 0 Å². The van der Waals surface area contributed by atoms with E-state index in [1.165, 1.54) is 0 Å². The number of likely N-dealkylation sites (tertiary alicyclic amines) is 1. The highest BCUT2D eigenvalue weighted by Crippen LogP contribution is 2.35. The van der Waals surface area contributed by atoms with Crippen molar-refractivity contribution in [3.63, 3.8) is 0 Å². The summed E-state index contributed by atoms with van der Waals surface area (Å²) in [7, 11) is 1.77. The first-order valence-corrected chi connectivity index (χ1v) is 6.20. The number of carboxylic acid groups (broad SMARTS) is 1. The van der Waals surface area contributed by atoms with Crippen LogP contribution in [-0.4, -0.2) is 53.6 Å². The SMILES string of the molecule is CCN(C)C(=O)N1CCC(CC)(C(=O)O)CC1. The number of aliphatic carboxylic acids is 1. The van der Waals surface area contributed by atoms with Crippen molar-refractivity contribution in [1.82, 2.24) is 9.80 Å². The third-order valence-electron chi connectivity index (χ3n) is 3.92. The third-order valence-corrected chi connectivity index (χ3v) is 3.92. The van der Waals surface area contributed by atoms with Crippen LogP contribution in [0, 0.1) is 5.41 Å². The molecule has 0 atom stereocenters. The molecule has 0 spiro atoms. The van der Waals surface area contributed by atoms with Crippen LogP contribution in [0.2, 0.25) is 0 Å². The molecule has 0 aromatic carbocycles. The number of urea groups is 1. The van der Waals surface area contributed by atoms with Crippen molar-refractivity contribution in [2.24, 2.45) is 5.41 Å². The normalized spacial score (nSPS) is 18.9. The second kappa shape index (κ2) is 5.38. The number of carbonyl (C=O) groups is 2. The van der Waals surface area contributed by atoms with Crippen LogP contribution < -0.4 is 0 Å². The fraction of sp³-hybridized carbons (Fsp3) is 0.833. The standard InChI is InChI=1S/C12H22N2O3/c1-4-12(10(15)16)6-8-14(9-7-12)11(17)13(3)5-2/h4-9H2,1-3H3,(H,15,16). The van der Waals surface area contributed by atoms with Crippen molar-refractivity contribution in [2.45, 2.75) is 33.1 Å². The molecule has 5 heteroatoms. The van der Waals surface area contributed by atoms with Gasteiger partial charge < -0.3 is 14.9 Å². The highest BCUT2D eigenvalue weighted by molar-refractivity contribution is 5.77. The van der Waals surface area contributed by atoms with Gasteiger partial charge in [0.25, 0.3) is 0 Å². The van der Waals surface area contributed by atoms with Crippen molar-refractivity contribution in [3.8, 4) is 0 Å². The smallest absolute Gasteiger partial charge is 0.319 e. The van der Waals surface area contributed by atoms with Crippen LogP contribution in [-0.2, 0) is 4.79 Å². The molecule has 0 unspecified atom stereocenters. The number of hydrogen-bond acceptors (Lipinski definition) is 2. The van der Waals surface area contributed by atoms with Gasteiger partial charge in [-0.3, -0.25) is 4.79 Å². The van der Waals surface area contributed by atoms with Gasteiger partial charge in [0.1, 0.15) is 0 Å². The zero-order valence-corrected chi connectivity index (χ0v) is 10.9. The van der Waals surface area contributed by atoms with Gasteiger partial charge >= 0.3 is 12.0 Å². The summed E-state index contributed by atoms with van der Waals surface area (Å²) < 4.78 is 0. The number of piperidine rings is 1. The Labute approximate surface area is 102 Å². The zero-order chi connectivity index (χ0) is 13.1. The summed E-state index contributed by atoms with van der Waals surface area (Å²) in [6, 6.07) is 0.00240. The van der Waals surface area contributed by atoms with E-state index in [1.807, 2.05) is 13.8 Å². The van der Waals surface area contributed by atoms with E-state index in [1.54, 1.807) is 16.8 Å². The van der Waals surface area contributed by atoms with Crippen LogP contribution in [0.1, 0.15) is 33.1 Å². The largest absolute Gasteiger partial charge is 0.481 e. The molecule has 1 N–H and O–H groups in total. The number of hydrogen-bond donors (Lipinski definition) is 1. The van der Waals surface area contributed by atoms with Crippen molar-refractivity contribution < 1.29 is 14.7 Å². The lowest BCUT2D eigenvalue weighted by molar-refractivity contribution is -0.152. The Hall–Kier alpha value is -1.26. The Kier molecular flexibility index (Phi) is 4.37. The van der Waals surface area contributed by atoms with Crippen molar-refractivity contribution >= 4 is 12.0 Å². The molecule has 1 fully saturated rings. The minimum atomic E-state index is -0.726. The molecule has 0 aliphatic carbocycles. The summed E-state index contributed by atoms with van der Waals surface area (Å²) >= 11 is 0. The Balaban J connectivity index is 2.61. The van der Waals surface area contributed by atoms with Gasteiger partial charge in [0.2, 0.25) is 0 Å². The summed E-state index contributed by atoms with van der Waals surface area (Å²) in [6.45, 7) is 5.60. The summed E-state index contributed by atoms with van der Waals surface area (Å²) in [6.07, 6.45) is 1.75. The van der Waals surface area contributed by atoms with Gasteiger partial charge in [0.05, 0.1) is 5.41 Å². The van der Waals surface area contributed by atoms with Crippen LogP contribution in [0.15, 0.2) is 0 Å². The average Bonchev–Trinajstić information content (AvgIpc) is 2.36. The first-order chi connectivity index (χ1) is 7.96. The lowest BCUT2D eigenvalue weighted by atomic mass is 9.76. The highest BCUT2D eigenvalue weighted by Gasteiger charge is 2.41. The molecule has 2 amide bonds. The maximum absolute atomic E-state index is 11.9. The Morgan fingerprint density at radius 3 is 2.18 bits per heavy atom. The molecule has 17 heavy (non-hydrogen) atoms. The Bertz CT molecular complexity index is 296. The van der Waals surface area contributed by atoms with Crippen molar-refractivity contribution in [1.29, 1.82) is 0 Å². The van der Waals surface area contributed by atoms with E-state index < -0.39 is 11.4 Å². The van der Waals surface area contributed by atoms with E-state index in [2.05, 4.69) is 0 Å². The van der Waals surface area contributed by atoms with Crippen molar-refractivity contribution in [3.05, 3.63) is 0 Å². The molecule has 0 aromatic rings. The predicted molar refractivity (Wildman–Crippen MR) is 64.9 cm³/mol. The molecular weight excluding hydrogens is 220 g/mol. The van der Waals surface area contributed by atoms with Gasteiger partial charge in [-0.1, -0.05) is 6.92 Å². The van der Waals surface area contributed by atoms with E-state index >= 15 is 0 Å². The summed E-state index contributed by atoms with van der Waals surface area (Å²) in [5.74, 6) is -0.726. The Morgan fingerprint density at radius 1 is 1.29 bits per heavy atom. The molecule has 1 rings (SSSR count). The number of carboxylic acids is 1. The van der Waals surface area contributed by atoms with Crippen LogP contribution in [0.3, 0.4) is 0 Å². The van der Waals surface area contributed by atoms with Crippen LogP contribution in [0.25, 0.3) is 0 Å². The molecule has 0 radical (unpaired) electrons. The van der Waals surface area contributed by atoms with Crippen LogP contribution >= 0.6 is 0 Å². The molecule has 1 aliphatic heterocycles. The maximum Gasteiger partial charge on any atom is 0.319 e. The van der Waals surface area contributed by atoms with E-state index in [9.17, 15) is 14.7 Å². The lowest BCUT2D eigenvalue weighted by Crippen LogP contribution is -2.49. The Morgan fingerprint density at radius 2 is 1.82 bits per heavy atom. The second-order valence-electron chi connectivity index (χ2n) is 4.72. The van der Waals surface area contributed by atoms with Gasteiger partial charge in [-0.25, -0.2) is 4.79 Å². The summed E-state index contributed by atoms with van der Waals surface area (Å²) in [5, 5.41) is 9.26. The molecular formula is C12H22N2O3. The minimum Gasteiger partial charge on any atom is -0.481 e. The molecule has 1 aliphatic rings. The fourth-order valence-electron chi connectivity index (χ4n) is 2.22. The predicted octanol–water partition coefficient (Wildman–Crippen LogP) is 1.63. The van der Waals surface area contributed by atoms with Gasteiger partial charge in [-0.05, 0) is 26.2 Å².